The molecule has 1 aromatic rings. The van der Waals surface area contributed by atoms with Crippen molar-refractivity contribution in [3.63, 3.8) is 0 Å². The van der Waals surface area contributed by atoms with Crippen LogP contribution in [0.3, 0.4) is 0 Å². The third-order valence-electron chi connectivity index (χ3n) is 2.00. The Morgan fingerprint density at radius 2 is 1.63 bits per heavy atom. The predicted molar refractivity (Wildman–Crippen MR) is 72.3 cm³/mol. The fourth-order valence-electron chi connectivity index (χ4n) is 1.15. The number of benzene rings is 1. The Hall–Kier alpha value is -1.42. The van der Waals surface area contributed by atoms with E-state index in [1.54, 1.807) is 10.9 Å². The van der Waals surface area contributed by atoms with Gasteiger partial charge in [-0.3, -0.25) is 0 Å². The van der Waals surface area contributed by atoms with E-state index in [-0.39, 0.29) is 35.2 Å². The number of aliphatic carboxylic acids is 1. The molecule has 0 saturated heterocycles. The summed E-state index contributed by atoms with van der Waals surface area (Å²) in [6.07, 6.45) is -0.00765. The Balaban J connectivity index is -0.000000853. The first-order chi connectivity index (χ1) is 7.59. The first-order valence-electron chi connectivity index (χ1n) is 4.89. The number of carbonyl (C=O) groups is 2. The minimum atomic E-state index is -0.929. The van der Waals surface area contributed by atoms with E-state index in [0.717, 1.165) is 4.40 Å². The molecule has 8 heteroatoms. The quantitative estimate of drug-likeness (QED) is 0.607. The van der Waals surface area contributed by atoms with E-state index in [1.165, 1.54) is 0 Å². The number of amides is 1. The zero-order chi connectivity index (χ0) is 12.0. The molecule has 0 atom stereocenters. The van der Waals surface area contributed by atoms with Gasteiger partial charge >= 0.3 is 101 Å². The summed E-state index contributed by atoms with van der Waals surface area (Å²) >= 11 is -0.658. The molecule has 2 radical (unpaired) electrons. The third kappa shape index (κ3) is 9.20. The molecule has 0 aliphatic rings. The van der Waals surface area contributed by atoms with Crippen molar-refractivity contribution >= 4 is 31.9 Å². The van der Waals surface area contributed by atoms with Crippen LogP contribution < -0.4 is 4.40 Å². The summed E-state index contributed by atoms with van der Waals surface area (Å²) in [5.41, 5.74) is 0. The Labute approximate surface area is 117 Å². The number of carbonyl (C=O) groups excluding carboxylic acids is 1. The summed E-state index contributed by atoms with van der Waals surface area (Å²) in [5, 5.41) is 8.47. The van der Waals surface area contributed by atoms with Crippen molar-refractivity contribution in [3.8, 4) is 0 Å². The van der Waals surface area contributed by atoms with E-state index in [2.05, 4.69) is 0 Å². The van der Waals surface area contributed by atoms with Gasteiger partial charge in [0.25, 0.3) is 0 Å². The Bertz CT molecular complexity index is 373. The zero-order valence-corrected chi connectivity index (χ0v) is 12.6. The smallest absolute Gasteiger partial charge is 0.412 e. The maximum Gasteiger partial charge on any atom is -0.412 e. The summed E-state index contributed by atoms with van der Waals surface area (Å²) in [5.74, 6) is -1.02. The molecular formula is C11H19GeNO6. The summed E-state index contributed by atoms with van der Waals surface area (Å²) in [4.78, 5) is 21.9. The van der Waals surface area contributed by atoms with Gasteiger partial charge in [-0.05, 0) is 0 Å². The van der Waals surface area contributed by atoms with Crippen LogP contribution >= 0.6 is 0 Å². The standard InChI is InChI=1S/C11H13GeNO3.3H2O/c1-13(10(14)7-8-11(15)16)12-9-5-3-2-4-6-9;;;/h2-6H,7-8H2,1H3,(H,15,16);3*1H2. The van der Waals surface area contributed by atoms with Gasteiger partial charge in [0.05, 0.1) is 0 Å². The molecule has 7 nitrogen and oxygen atoms in total. The molecule has 0 saturated carbocycles. The number of hydrogen-bond acceptors (Lipinski definition) is 2. The fraction of sp³-hybridized carbons (Fsp3) is 0.273. The van der Waals surface area contributed by atoms with Crippen molar-refractivity contribution in [2.45, 2.75) is 12.8 Å². The van der Waals surface area contributed by atoms with Gasteiger partial charge < -0.3 is 16.4 Å². The molecule has 1 aromatic carbocycles. The molecule has 0 bridgehead atoms. The molecule has 108 valence electrons. The predicted octanol–water partition coefficient (Wildman–Crippen LogP) is -2.22. The summed E-state index contributed by atoms with van der Waals surface area (Å²) in [7, 11) is 1.73. The maximum absolute atomic E-state index is 11.5. The Morgan fingerprint density at radius 1 is 1.11 bits per heavy atom. The van der Waals surface area contributed by atoms with Crippen molar-refractivity contribution in [2.75, 3.05) is 7.05 Å². The second kappa shape index (κ2) is 11.7. The Kier molecular flexibility index (Phi) is 14.0. The molecule has 1 amide bonds. The van der Waals surface area contributed by atoms with Crippen LogP contribution in [0.2, 0.25) is 0 Å². The molecule has 19 heavy (non-hydrogen) atoms. The maximum atomic E-state index is 11.5. The molecule has 0 fully saturated rings. The second-order valence-electron chi connectivity index (χ2n) is 3.32. The minimum absolute atomic E-state index is 0. The molecule has 0 spiro atoms. The molecule has 0 heterocycles. The van der Waals surface area contributed by atoms with Crippen LogP contribution in [-0.2, 0) is 9.59 Å². The van der Waals surface area contributed by atoms with Gasteiger partial charge in [-0.15, -0.1) is 0 Å². The number of nitrogens with zero attached hydrogens (tertiary/aromatic N) is 1. The van der Waals surface area contributed by atoms with Crippen LogP contribution in [0.25, 0.3) is 0 Å². The average Bonchev–Trinajstić information content (AvgIpc) is 2.27. The number of rotatable bonds is 5. The van der Waals surface area contributed by atoms with Gasteiger partial charge in [-0.25, -0.2) is 0 Å². The third-order valence-corrected chi connectivity index (χ3v) is 4.47. The van der Waals surface area contributed by atoms with Gasteiger partial charge in [0.15, 0.2) is 0 Å². The molecule has 0 unspecified atom stereocenters. The summed E-state index contributed by atoms with van der Waals surface area (Å²) in [6, 6.07) is 9.78. The van der Waals surface area contributed by atoms with Crippen molar-refractivity contribution < 1.29 is 31.1 Å². The van der Waals surface area contributed by atoms with Crippen molar-refractivity contribution in [1.29, 1.82) is 0 Å². The van der Waals surface area contributed by atoms with Gasteiger partial charge in [-0.2, -0.15) is 0 Å². The summed E-state index contributed by atoms with van der Waals surface area (Å²) in [6.45, 7) is 0. The fourth-order valence-corrected chi connectivity index (χ4v) is 3.18. The largest absolute Gasteiger partial charge is 0.412 e. The molecule has 0 aliphatic heterocycles. The van der Waals surface area contributed by atoms with E-state index in [9.17, 15) is 9.59 Å². The van der Waals surface area contributed by atoms with Gasteiger partial charge in [-0.1, -0.05) is 0 Å². The molecule has 0 aliphatic carbocycles. The zero-order valence-electron chi connectivity index (χ0n) is 10.5. The van der Waals surface area contributed by atoms with Crippen LogP contribution in [0.1, 0.15) is 12.8 Å². The SMILES string of the molecule is C[N]([Ge][c]1ccccc1)C(=O)CCC(=O)O.O.O.O. The topological polar surface area (TPSA) is 152 Å². The van der Waals surface area contributed by atoms with E-state index < -0.39 is 21.6 Å². The van der Waals surface area contributed by atoms with E-state index in [4.69, 9.17) is 5.11 Å². The van der Waals surface area contributed by atoms with Gasteiger partial charge in [0, 0.05) is 0 Å². The van der Waals surface area contributed by atoms with Crippen LogP contribution in [0.4, 0.5) is 0 Å². The first kappa shape index (κ1) is 22.7. The number of hydrogen-bond donors (Lipinski definition) is 1. The van der Waals surface area contributed by atoms with E-state index in [1.807, 2.05) is 30.3 Å². The van der Waals surface area contributed by atoms with Gasteiger partial charge in [0.1, 0.15) is 0 Å². The summed E-state index contributed by atoms with van der Waals surface area (Å²) < 4.78 is 2.83. The van der Waals surface area contributed by atoms with Crippen molar-refractivity contribution in [1.82, 2.24) is 3.86 Å². The Morgan fingerprint density at radius 3 is 2.11 bits per heavy atom. The van der Waals surface area contributed by atoms with E-state index in [0.29, 0.717) is 0 Å². The van der Waals surface area contributed by atoms with Crippen LogP contribution in [0.5, 0.6) is 0 Å². The second-order valence-corrected chi connectivity index (χ2v) is 6.41. The van der Waals surface area contributed by atoms with Crippen molar-refractivity contribution in [3.05, 3.63) is 30.3 Å². The normalized spacial score (nSPS) is 8.26. The van der Waals surface area contributed by atoms with Crippen LogP contribution in [0, 0.1) is 0 Å². The monoisotopic (exact) mass is 335 g/mol. The molecule has 0 aromatic heterocycles. The van der Waals surface area contributed by atoms with Crippen molar-refractivity contribution in [2.24, 2.45) is 0 Å². The first-order valence-corrected chi connectivity index (χ1v) is 6.88. The molecule has 1 rings (SSSR count). The number of carboxylic acids is 1. The average molecular weight is 334 g/mol. The number of carboxylic acid groups (broad SMARTS) is 1. The van der Waals surface area contributed by atoms with E-state index >= 15 is 0 Å². The molecular weight excluding hydrogens is 315 g/mol. The van der Waals surface area contributed by atoms with Crippen LogP contribution in [0.15, 0.2) is 30.3 Å². The molecule has 7 N–H and O–H groups in total. The van der Waals surface area contributed by atoms with Gasteiger partial charge in [0.2, 0.25) is 0 Å². The van der Waals surface area contributed by atoms with Crippen LogP contribution in [-0.4, -0.2) is 60.0 Å². The minimum Gasteiger partial charge on any atom is -0.412 e.